The van der Waals surface area contributed by atoms with Gasteiger partial charge >= 0.3 is 0 Å². The molecule has 1 radical (unpaired) electrons. The van der Waals surface area contributed by atoms with E-state index >= 15 is 0 Å². The molecule has 0 aliphatic carbocycles. The van der Waals surface area contributed by atoms with Crippen LogP contribution in [0.2, 0.25) is 0 Å². The van der Waals surface area contributed by atoms with Crippen molar-refractivity contribution in [3.63, 3.8) is 0 Å². The Hall–Kier alpha value is 0.0934. The summed E-state index contributed by atoms with van der Waals surface area (Å²) in [5.41, 5.74) is 0. The van der Waals surface area contributed by atoms with Crippen LogP contribution in [0.5, 0.6) is 0 Å². The Morgan fingerprint density at radius 1 is 1.83 bits per heavy atom. The van der Waals surface area contributed by atoms with Crippen LogP contribution in [-0.4, -0.2) is 5.97 Å². The van der Waals surface area contributed by atoms with Crippen molar-refractivity contribution in [3.05, 3.63) is 0 Å². The van der Waals surface area contributed by atoms with E-state index in [0.29, 0.717) is 0 Å². The summed E-state index contributed by atoms with van der Waals surface area (Å²) in [6.45, 7) is 1.54. The minimum Gasteiger partial charge on any atom is -0.550 e. The first-order valence-corrected chi connectivity index (χ1v) is 1.47. The van der Waals surface area contributed by atoms with Gasteiger partial charge in [0.1, 0.15) is 0 Å². The largest absolute Gasteiger partial charge is 0.550 e. The van der Waals surface area contributed by atoms with Crippen LogP contribution in [0.15, 0.2) is 0 Å². The first-order valence-electron chi connectivity index (χ1n) is 1.47. The Morgan fingerprint density at radius 3 is 2.00 bits per heavy atom. The predicted octanol–water partition coefficient (Wildman–Crippen LogP) is -0.856. The fourth-order valence-corrected chi connectivity index (χ4v) is 0. The van der Waals surface area contributed by atoms with Crippen molar-refractivity contribution in [1.82, 2.24) is 0 Å². The summed E-state index contributed by atoms with van der Waals surface area (Å²) in [6.07, 6.45) is 0.111. The Morgan fingerprint density at radius 2 is 2.00 bits per heavy atom. The third-order valence-corrected chi connectivity index (χ3v) is 0.289. The number of carboxylic acid groups (broad SMARTS) is 1. The van der Waals surface area contributed by atoms with Crippen LogP contribution in [0.25, 0.3) is 0 Å². The zero-order valence-electron chi connectivity index (χ0n) is 3.36. The van der Waals surface area contributed by atoms with E-state index in [2.05, 4.69) is 0 Å². The first kappa shape index (κ1) is 9.43. The minimum absolute atomic E-state index is 0. The van der Waals surface area contributed by atoms with Crippen LogP contribution in [0.4, 0.5) is 0 Å². The average Bonchev–Trinajstić information content (AvgIpc) is 1.38. The molecule has 2 nitrogen and oxygen atoms in total. The van der Waals surface area contributed by atoms with Crippen molar-refractivity contribution in [2.45, 2.75) is 13.3 Å². The number of aliphatic carboxylic acids is 1. The van der Waals surface area contributed by atoms with Gasteiger partial charge in [-0.05, 0) is 6.42 Å². The zero-order chi connectivity index (χ0) is 4.28. The molecular formula is C3H5O2Rh-. The number of rotatable bonds is 1. The topological polar surface area (TPSA) is 40.1 Å². The van der Waals surface area contributed by atoms with Crippen LogP contribution in [-0.2, 0) is 24.3 Å². The van der Waals surface area contributed by atoms with Crippen LogP contribution in [0.3, 0.4) is 0 Å². The summed E-state index contributed by atoms with van der Waals surface area (Å²) in [6, 6.07) is 0. The molecule has 0 amide bonds. The fraction of sp³-hybridized carbons (Fsp3) is 0.667. The van der Waals surface area contributed by atoms with E-state index in [0.717, 1.165) is 0 Å². The van der Waals surface area contributed by atoms with Gasteiger partial charge in [0.05, 0.1) is 0 Å². The summed E-state index contributed by atoms with van der Waals surface area (Å²) in [7, 11) is 0. The van der Waals surface area contributed by atoms with Gasteiger partial charge in [0.2, 0.25) is 0 Å². The van der Waals surface area contributed by atoms with Crippen LogP contribution in [0.1, 0.15) is 13.3 Å². The molecule has 0 bridgehead atoms. The maximum Gasteiger partial charge on any atom is 0.0411 e. The second-order valence-corrected chi connectivity index (χ2v) is 0.726. The molecule has 0 aliphatic rings. The van der Waals surface area contributed by atoms with E-state index in [1.54, 1.807) is 0 Å². The molecule has 0 saturated heterocycles. The quantitative estimate of drug-likeness (QED) is 0.488. The van der Waals surface area contributed by atoms with E-state index < -0.39 is 5.97 Å². The second-order valence-electron chi connectivity index (χ2n) is 0.726. The van der Waals surface area contributed by atoms with E-state index in [-0.39, 0.29) is 25.9 Å². The number of carboxylic acids is 1. The van der Waals surface area contributed by atoms with Crippen molar-refractivity contribution in [3.8, 4) is 0 Å². The van der Waals surface area contributed by atoms with Gasteiger partial charge in [-0.2, -0.15) is 0 Å². The van der Waals surface area contributed by atoms with Crippen molar-refractivity contribution in [2.24, 2.45) is 0 Å². The van der Waals surface area contributed by atoms with Gasteiger partial charge in [0, 0.05) is 25.4 Å². The SMILES string of the molecule is CCC(=O)[O-].[Rh]. The van der Waals surface area contributed by atoms with Gasteiger partial charge in [-0.3, -0.25) is 0 Å². The van der Waals surface area contributed by atoms with Crippen LogP contribution >= 0.6 is 0 Å². The predicted molar refractivity (Wildman–Crippen MR) is 15.3 cm³/mol. The Labute approximate surface area is 49.3 Å². The summed E-state index contributed by atoms with van der Waals surface area (Å²) in [4.78, 5) is 9.26. The zero-order valence-corrected chi connectivity index (χ0v) is 5.00. The van der Waals surface area contributed by atoms with E-state index in [1.165, 1.54) is 6.92 Å². The van der Waals surface area contributed by atoms with Crippen molar-refractivity contribution in [2.75, 3.05) is 0 Å². The molecule has 39 valence electrons. The fourth-order valence-electron chi connectivity index (χ4n) is 0. The van der Waals surface area contributed by atoms with Crippen LogP contribution < -0.4 is 5.11 Å². The molecule has 0 aliphatic heterocycles. The molecule has 0 N–H and O–H groups in total. The van der Waals surface area contributed by atoms with Crippen molar-refractivity contribution < 1.29 is 29.4 Å². The standard InChI is InChI=1S/C3H6O2.Rh/c1-2-3(4)5;/h2H2,1H3,(H,4,5);/p-1. The molecule has 0 aromatic heterocycles. The van der Waals surface area contributed by atoms with Gasteiger partial charge in [-0.25, -0.2) is 0 Å². The molecule has 0 spiro atoms. The summed E-state index contributed by atoms with van der Waals surface area (Å²) in [5, 5.41) is 9.26. The summed E-state index contributed by atoms with van der Waals surface area (Å²) in [5.74, 6) is -0.995. The smallest absolute Gasteiger partial charge is 0.0411 e. The number of hydrogen-bond acceptors (Lipinski definition) is 2. The van der Waals surface area contributed by atoms with Gasteiger partial charge in [0.25, 0.3) is 0 Å². The molecule has 0 unspecified atom stereocenters. The van der Waals surface area contributed by atoms with E-state index in [1.807, 2.05) is 0 Å². The molecule has 0 heterocycles. The molecule has 0 fully saturated rings. The van der Waals surface area contributed by atoms with E-state index in [9.17, 15) is 9.90 Å². The van der Waals surface area contributed by atoms with Gasteiger partial charge in [0.15, 0.2) is 0 Å². The Kier molecular flexibility index (Phi) is 8.01. The maximum atomic E-state index is 9.26. The number of carbonyl (C=O) groups is 1. The molecule has 0 rings (SSSR count). The average molecular weight is 176 g/mol. The molecular weight excluding hydrogens is 171 g/mol. The van der Waals surface area contributed by atoms with Crippen LogP contribution in [0, 0.1) is 0 Å². The summed E-state index contributed by atoms with van der Waals surface area (Å²) < 4.78 is 0. The van der Waals surface area contributed by atoms with E-state index in [4.69, 9.17) is 0 Å². The van der Waals surface area contributed by atoms with Gasteiger partial charge in [-0.1, -0.05) is 6.92 Å². The monoisotopic (exact) mass is 176 g/mol. The third kappa shape index (κ3) is 8.94. The normalized spacial score (nSPS) is 6.17. The Balaban J connectivity index is 0. The first-order chi connectivity index (χ1) is 2.27. The van der Waals surface area contributed by atoms with Crippen molar-refractivity contribution in [1.29, 1.82) is 0 Å². The molecule has 0 aromatic rings. The molecule has 3 heteroatoms. The molecule has 6 heavy (non-hydrogen) atoms. The van der Waals surface area contributed by atoms with Gasteiger partial charge in [-0.15, -0.1) is 0 Å². The maximum absolute atomic E-state index is 9.26. The summed E-state index contributed by atoms with van der Waals surface area (Å²) >= 11 is 0. The number of carbonyl (C=O) groups excluding carboxylic acids is 1. The number of hydrogen-bond donors (Lipinski definition) is 0. The Bertz CT molecular complexity index is 44.1. The van der Waals surface area contributed by atoms with Gasteiger partial charge < -0.3 is 9.90 Å². The second kappa shape index (κ2) is 5.09. The molecule has 0 saturated carbocycles. The van der Waals surface area contributed by atoms with Crippen molar-refractivity contribution >= 4 is 5.97 Å². The third-order valence-electron chi connectivity index (χ3n) is 0.289. The molecule has 0 aromatic carbocycles. The minimum atomic E-state index is -0.995. The molecule has 0 atom stereocenters.